The number of hydrogen-bond donors (Lipinski definition) is 10. The monoisotopic (exact) mass is 886 g/mol. The molecule has 10 N–H and O–H groups in total. The topological polar surface area (TPSA) is 267 Å². The van der Waals surface area contributed by atoms with Gasteiger partial charge in [0.2, 0.25) is 0 Å². The standard InChI is InChI=1S/C45H74O17/c1-19(17-46)7-10-28-20(2)39-44(6)14-12-26-25(27(44)16-45(39,55)62-28)9-8-23-15-24(11-13-43(23,26)5)58-42-38(61-41-35(53)33(51)31(49)22(4)57-41)36(54)37(29(18-47)59-42)60-40-34(52)32(50)30(48)21(3)56-40/h8,19-22,24-42,46-55H,7,9-18H2,1-6H3. The predicted octanol–water partition coefficient (Wildman–Crippen LogP) is 0.196. The number of hydrogen-bond acceptors (Lipinski definition) is 17. The third kappa shape index (κ3) is 8.07. The molecular formula is C45H74O17. The van der Waals surface area contributed by atoms with Crippen LogP contribution in [0.15, 0.2) is 11.6 Å². The summed E-state index contributed by atoms with van der Waals surface area (Å²) in [7, 11) is 0. The molecule has 4 aliphatic heterocycles. The van der Waals surface area contributed by atoms with Gasteiger partial charge in [0.25, 0.3) is 0 Å². The van der Waals surface area contributed by atoms with Crippen molar-refractivity contribution in [2.24, 2.45) is 46.3 Å². The molecule has 4 aliphatic carbocycles. The number of allylic oxidation sites excluding steroid dienone is 1. The molecule has 0 aromatic carbocycles. The minimum absolute atomic E-state index is 0.0274. The molecule has 0 aromatic rings. The summed E-state index contributed by atoms with van der Waals surface area (Å²) in [6.07, 6.45) is -12.6. The van der Waals surface area contributed by atoms with Gasteiger partial charge in [-0.2, -0.15) is 0 Å². The van der Waals surface area contributed by atoms with Gasteiger partial charge in [-0.05, 0) is 106 Å². The second kappa shape index (κ2) is 17.9. The van der Waals surface area contributed by atoms with E-state index >= 15 is 0 Å². The molecule has 0 radical (unpaired) electrons. The molecule has 0 bridgehead atoms. The Kier molecular flexibility index (Phi) is 13.8. The molecule has 26 atom stereocenters. The lowest BCUT2D eigenvalue weighted by Crippen LogP contribution is -2.66. The lowest BCUT2D eigenvalue weighted by Gasteiger charge is -2.58. The lowest BCUT2D eigenvalue weighted by molar-refractivity contribution is -0.388. The van der Waals surface area contributed by atoms with Gasteiger partial charge in [0.1, 0.15) is 61.0 Å². The number of aliphatic hydroxyl groups is 10. The van der Waals surface area contributed by atoms with E-state index in [-0.39, 0.29) is 41.3 Å². The van der Waals surface area contributed by atoms with Crippen LogP contribution in [0.2, 0.25) is 0 Å². The Morgan fingerprint density at radius 3 is 1.97 bits per heavy atom. The maximum Gasteiger partial charge on any atom is 0.187 e. The molecule has 26 unspecified atom stereocenters. The maximum absolute atomic E-state index is 12.2. The zero-order valence-corrected chi connectivity index (χ0v) is 37.0. The van der Waals surface area contributed by atoms with E-state index in [4.69, 9.17) is 33.2 Å². The fraction of sp³-hybridized carbons (Fsp3) is 0.956. The van der Waals surface area contributed by atoms with Crippen LogP contribution in [-0.2, 0) is 33.2 Å². The van der Waals surface area contributed by atoms with Crippen LogP contribution in [0.4, 0.5) is 0 Å². The summed E-state index contributed by atoms with van der Waals surface area (Å²) in [5, 5.41) is 108. The fourth-order valence-electron chi connectivity index (χ4n) is 13.6. The first-order valence-corrected chi connectivity index (χ1v) is 23.3. The predicted molar refractivity (Wildman–Crippen MR) is 216 cm³/mol. The Morgan fingerprint density at radius 1 is 0.726 bits per heavy atom. The average molecular weight is 887 g/mol. The SMILES string of the molecule is CC(CO)CCC1OC2(O)CC3C4CC=C5CC(OC6OC(CO)C(OC7OC(C)C(O)C(O)C7O)C(O)C6OC6OC(C)C(O)C(O)C6O)CCC5(C)C4CCC3(C)C2C1C. The molecule has 0 spiro atoms. The summed E-state index contributed by atoms with van der Waals surface area (Å²) in [6.45, 7) is 11.5. The van der Waals surface area contributed by atoms with Gasteiger partial charge in [-0.3, -0.25) is 0 Å². The molecule has 356 valence electrons. The number of ether oxygens (including phenoxy) is 7. The Morgan fingerprint density at radius 2 is 1.35 bits per heavy atom. The quantitative estimate of drug-likeness (QED) is 0.124. The highest BCUT2D eigenvalue weighted by molar-refractivity contribution is 5.27. The summed E-state index contributed by atoms with van der Waals surface area (Å²) in [5.74, 6) is 0.378. The van der Waals surface area contributed by atoms with Crippen molar-refractivity contribution in [3.05, 3.63) is 11.6 Å². The van der Waals surface area contributed by atoms with E-state index in [9.17, 15) is 51.1 Å². The van der Waals surface area contributed by atoms with E-state index in [0.717, 1.165) is 38.5 Å². The zero-order valence-electron chi connectivity index (χ0n) is 37.0. The van der Waals surface area contributed by atoms with Gasteiger partial charge >= 0.3 is 0 Å². The van der Waals surface area contributed by atoms with Crippen LogP contribution in [-0.4, -0.2) is 174 Å². The minimum Gasteiger partial charge on any atom is -0.396 e. The molecule has 17 heteroatoms. The molecule has 3 saturated carbocycles. The zero-order chi connectivity index (χ0) is 44.8. The normalized spacial score (nSPS) is 55.7. The molecule has 8 aliphatic rings. The summed E-state index contributed by atoms with van der Waals surface area (Å²) in [4.78, 5) is 0. The largest absolute Gasteiger partial charge is 0.396 e. The smallest absolute Gasteiger partial charge is 0.187 e. The molecular weight excluding hydrogens is 812 g/mol. The van der Waals surface area contributed by atoms with Crippen LogP contribution in [0, 0.1) is 46.3 Å². The highest BCUT2D eigenvalue weighted by Crippen LogP contribution is 2.71. The van der Waals surface area contributed by atoms with Crippen molar-refractivity contribution in [1.29, 1.82) is 0 Å². The van der Waals surface area contributed by atoms with Gasteiger partial charge in [0.05, 0.1) is 31.0 Å². The molecule has 4 saturated heterocycles. The Balaban J connectivity index is 0.987. The Labute approximate surface area is 364 Å². The molecule has 17 nitrogen and oxygen atoms in total. The Bertz CT molecular complexity index is 1590. The minimum atomic E-state index is -1.73. The first-order chi connectivity index (χ1) is 29.3. The third-order valence-corrected chi connectivity index (χ3v) is 17.3. The molecule has 8 rings (SSSR count). The number of fused-ring (bicyclic) bond motifs is 7. The summed E-state index contributed by atoms with van der Waals surface area (Å²) in [5.41, 5.74) is 1.11. The van der Waals surface area contributed by atoms with Crippen molar-refractivity contribution in [3.63, 3.8) is 0 Å². The van der Waals surface area contributed by atoms with Gasteiger partial charge in [0.15, 0.2) is 24.7 Å². The van der Waals surface area contributed by atoms with E-state index in [2.05, 4.69) is 26.8 Å². The first kappa shape index (κ1) is 47.5. The number of aliphatic hydroxyl groups excluding tert-OH is 9. The Hall–Kier alpha value is -0.940. The molecule has 4 heterocycles. The van der Waals surface area contributed by atoms with Crippen molar-refractivity contribution in [2.45, 2.75) is 209 Å². The van der Waals surface area contributed by atoms with Gasteiger partial charge in [-0.25, -0.2) is 0 Å². The molecule has 62 heavy (non-hydrogen) atoms. The van der Waals surface area contributed by atoms with Crippen molar-refractivity contribution >= 4 is 0 Å². The van der Waals surface area contributed by atoms with Gasteiger partial charge in [-0.15, -0.1) is 0 Å². The summed E-state index contributed by atoms with van der Waals surface area (Å²) >= 11 is 0. The van der Waals surface area contributed by atoms with Crippen molar-refractivity contribution in [3.8, 4) is 0 Å². The van der Waals surface area contributed by atoms with Crippen LogP contribution in [0.1, 0.15) is 99.3 Å². The van der Waals surface area contributed by atoms with Crippen molar-refractivity contribution < 1.29 is 84.2 Å². The molecule has 0 amide bonds. The van der Waals surface area contributed by atoms with E-state index in [1.807, 2.05) is 6.92 Å². The van der Waals surface area contributed by atoms with E-state index in [1.165, 1.54) is 19.4 Å². The van der Waals surface area contributed by atoms with Crippen LogP contribution >= 0.6 is 0 Å². The van der Waals surface area contributed by atoms with Gasteiger partial charge in [-0.1, -0.05) is 39.3 Å². The van der Waals surface area contributed by atoms with Gasteiger partial charge in [0, 0.05) is 18.9 Å². The molecule has 0 aromatic heterocycles. The maximum atomic E-state index is 12.2. The third-order valence-electron chi connectivity index (χ3n) is 17.3. The average Bonchev–Trinajstić information content (AvgIpc) is 3.65. The lowest BCUT2D eigenvalue weighted by atomic mass is 9.47. The highest BCUT2D eigenvalue weighted by Gasteiger charge is 2.70. The van der Waals surface area contributed by atoms with E-state index in [1.54, 1.807) is 0 Å². The first-order valence-electron chi connectivity index (χ1n) is 23.3. The molecule has 7 fully saturated rings. The highest BCUT2D eigenvalue weighted by atomic mass is 16.8. The summed E-state index contributed by atoms with van der Waals surface area (Å²) < 4.78 is 43.1. The van der Waals surface area contributed by atoms with E-state index in [0.29, 0.717) is 37.0 Å². The second-order valence-electron chi connectivity index (χ2n) is 21.0. The summed E-state index contributed by atoms with van der Waals surface area (Å²) in [6, 6.07) is 0. The van der Waals surface area contributed by atoms with Gasteiger partial charge < -0.3 is 84.2 Å². The van der Waals surface area contributed by atoms with Crippen molar-refractivity contribution in [1.82, 2.24) is 0 Å². The number of rotatable bonds is 11. The fourth-order valence-corrected chi connectivity index (χ4v) is 13.6. The van der Waals surface area contributed by atoms with Crippen LogP contribution in [0.3, 0.4) is 0 Å². The van der Waals surface area contributed by atoms with Crippen LogP contribution < -0.4 is 0 Å². The second-order valence-corrected chi connectivity index (χ2v) is 21.0. The van der Waals surface area contributed by atoms with Crippen molar-refractivity contribution in [2.75, 3.05) is 13.2 Å². The van der Waals surface area contributed by atoms with Crippen LogP contribution in [0.5, 0.6) is 0 Å². The van der Waals surface area contributed by atoms with Crippen LogP contribution in [0.25, 0.3) is 0 Å². The van der Waals surface area contributed by atoms with E-state index < -0.39 is 111 Å².